The van der Waals surface area contributed by atoms with Gasteiger partial charge in [0.15, 0.2) is 23.9 Å². The molecule has 0 spiro atoms. The Hall–Kier alpha value is -4.27. The molecule has 1 aromatic heterocycles. The van der Waals surface area contributed by atoms with Gasteiger partial charge >= 0.3 is 5.91 Å². The number of ether oxygens (including phenoxy) is 3. The second kappa shape index (κ2) is 10.5. The molecule has 9 heteroatoms. The topological polar surface area (TPSA) is 111 Å². The van der Waals surface area contributed by atoms with Crippen molar-refractivity contribution in [2.75, 3.05) is 26.1 Å². The molecule has 0 saturated heterocycles. The zero-order valence-corrected chi connectivity index (χ0v) is 17.0. The van der Waals surface area contributed by atoms with Crippen LogP contribution in [0.15, 0.2) is 70.4 Å². The Kier molecular flexibility index (Phi) is 7.26. The molecule has 160 valence electrons. The van der Waals surface area contributed by atoms with Crippen molar-refractivity contribution in [2.24, 2.45) is 5.10 Å². The van der Waals surface area contributed by atoms with Crippen molar-refractivity contribution in [3.8, 4) is 17.2 Å². The highest BCUT2D eigenvalue weighted by molar-refractivity contribution is 5.93. The number of nitrogens with zero attached hydrogens (tertiary/aromatic N) is 1. The van der Waals surface area contributed by atoms with Gasteiger partial charge in [-0.1, -0.05) is 12.1 Å². The number of hydrogen-bond acceptors (Lipinski definition) is 7. The summed E-state index contributed by atoms with van der Waals surface area (Å²) >= 11 is 0. The number of para-hydroxylation sites is 2. The molecule has 1 heterocycles. The molecule has 31 heavy (non-hydrogen) atoms. The Morgan fingerprint density at radius 2 is 1.81 bits per heavy atom. The standard InChI is InChI=1S/C22H21N3O6/c1-28-17-7-4-3-6-16(17)24-21(26)14-31-18-10-9-15(12-20(18)29-2)13-23-25-22(27)19-8-5-11-30-19/h3-13H,14H2,1-2H3,(H,24,26)(H,25,27)/b23-13+. The van der Waals surface area contributed by atoms with Crippen LogP contribution in [0.4, 0.5) is 5.69 Å². The van der Waals surface area contributed by atoms with Gasteiger partial charge < -0.3 is 23.9 Å². The summed E-state index contributed by atoms with van der Waals surface area (Å²) in [6.45, 7) is -0.221. The first kappa shape index (κ1) is 21.4. The van der Waals surface area contributed by atoms with Crippen LogP contribution in [0.2, 0.25) is 0 Å². The number of anilines is 1. The van der Waals surface area contributed by atoms with Crippen molar-refractivity contribution in [1.29, 1.82) is 0 Å². The molecule has 0 aliphatic carbocycles. The van der Waals surface area contributed by atoms with Crippen LogP contribution in [-0.4, -0.2) is 38.9 Å². The SMILES string of the molecule is COc1ccccc1NC(=O)COc1ccc(/C=N/NC(=O)c2ccco2)cc1OC. The minimum atomic E-state index is -0.464. The maximum atomic E-state index is 12.2. The molecule has 0 aliphatic heterocycles. The third-order valence-corrected chi connectivity index (χ3v) is 4.05. The lowest BCUT2D eigenvalue weighted by molar-refractivity contribution is -0.118. The first-order valence-corrected chi connectivity index (χ1v) is 9.21. The number of carbonyl (C=O) groups excluding carboxylic acids is 2. The fourth-order valence-corrected chi connectivity index (χ4v) is 2.59. The average Bonchev–Trinajstić information content (AvgIpc) is 3.33. The molecule has 2 amide bonds. The number of furan rings is 1. The molecule has 9 nitrogen and oxygen atoms in total. The van der Waals surface area contributed by atoms with Gasteiger partial charge in [0, 0.05) is 0 Å². The summed E-state index contributed by atoms with van der Waals surface area (Å²) in [5, 5.41) is 6.61. The maximum absolute atomic E-state index is 12.2. The van der Waals surface area contributed by atoms with E-state index in [9.17, 15) is 9.59 Å². The van der Waals surface area contributed by atoms with E-state index >= 15 is 0 Å². The Labute approximate surface area is 178 Å². The van der Waals surface area contributed by atoms with Crippen LogP contribution < -0.4 is 25.0 Å². The van der Waals surface area contributed by atoms with Crippen LogP contribution in [0.1, 0.15) is 16.1 Å². The van der Waals surface area contributed by atoms with Crippen molar-refractivity contribution < 1.29 is 28.2 Å². The van der Waals surface area contributed by atoms with Gasteiger partial charge in [-0.2, -0.15) is 5.10 Å². The van der Waals surface area contributed by atoms with Crippen LogP contribution in [0, 0.1) is 0 Å². The summed E-state index contributed by atoms with van der Waals surface area (Å²) in [4.78, 5) is 24.0. The molecule has 0 bridgehead atoms. The minimum absolute atomic E-state index is 0.157. The van der Waals surface area contributed by atoms with Crippen molar-refractivity contribution in [3.63, 3.8) is 0 Å². The lowest BCUT2D eigenvalue weighted by Crippen LogP contribution is -2.20. The van der Waals surface area contributed by atoms with Gasteiger partial charge in [-0.3, -0.25) is 9.59 Å². The molecule has 2 aromatic carbocycles. The van der Waals surface area contributed by atoms with Crippen LogP contribution in [-0.2, 0) is 4.79 Å². The predicted molar refractivity (Wildman–Crippen MR) is 114 cm³/mol. The minimum Gasteiger partial charge on any atom is -0.495 e. The Morgan fingerprint density at radius 1 is 1.00 bits per heavy atom. The monoisotopic (exact) mass is 423 g/mol. The maximum Gasteiger partial charge on any atom is 0.307 e. The third-order valence-electron chi connectivity index (χ3n) is 4.05. The molecule has 0 saturated carbocycles. The summed E-state index contributed by atoms with van der Waals surface area (Å²) < 4.78 is 21.1. The third kappa shape index (κ3) is 5.86. The lowest BCUT2D eigenvalue weighted by atomic mass is 10.2. The molecule has 3 aromatic rings. The zero-order valence-electron chi connectivity index (χ0n) is 17.0. The molecule has 0 unspecified atom stereocenters. The number of methoxy groups -OCH3 is 2. The van der Waals surface area contributed by atoms with Gasteiger partial charge in [0.05, 0.1) is 32.4 Å². The van der Waals surface area contributed by atoms with Crippen LogP contribution in [0.3, 0.4) is 0 Å². The number of carbonyl (C=O) groups is 2. The van der Waals surface area contributed by atoms with Gasteiger partial charge in [-0.15, -0.1) is 0 Å². The van der Waals surface area contributed by atoms with Crippen LogP contribution >= 0.6 is 0 Å². The van der Waals surface area contributed by atoms with Crippen molar-refractivity contribution >= 4 is 23.7 Å². The van der Waals surface area contributed by atoms with E-state index in [4.69, 9.17) is 18.6 Å². The largest absolute Gasteiger partial charge is 0.495 e. The Balaban J connectivity index is 1.57. The summed E-state index contributed by atoms with van der Waals surface area (Å²) in [5.41, 5.74) is 3.56. The number of amides is 2. The van der Waals surface area contributed by atoms with Crippen LogP contribution in [0.25, 0.3) is 0 Å². The van der Waals surface area contributed by atoms with E-state index in [-0.39, 0.29) is 18.3 Å². The molecule has 0 radical (unpaired) electrons. The zero-order chi connectivity index (χ0) is 22.1. The molecular weight excluding hydrogens is 402 g/mol. The second-order valence-corrected chi connectivity index (χ2v) is 6.12. The van der Waals surface area contributed by atoms with Gasteiger partial charge in [0.25, 0.3) is 5.91 Å². The number of hydrogen-bond donors (Lipinski definition) is 2. The molecule has 0 fully saturated rings. The Bertz CT molecular complexity index is 1060. The van der Waals surface area contributed by atoms with E-state index < -0.39 is 5.91 Å². The van der Waals surface area contributed by atoms with Gasteiger partial charge in [-0.25, -0.2) is 5.43 Å². The second-order valence-electron chi connectivity index (χ2n) is 6.12. The molecule has 0 atom stereocenters. The first-order chi connectivity index (χ1) is 15.1. The average molecular weight is 423 g/mol. The number of hydrazone groups is 1. The van der Waals surface area contributed by atoms with Gasteiger partial charge in [0.1, 0.15) is 5.75 Å². The van der Waals surface area contributed by atoms with Gasteiger partial charge in [0.2, 0.25) is 0 Å². The fourth-order valence-electron chi connectivity index (χ4n) is 2.59. The van der Waals surface area contributed by atoms with Crippen molar-refractivity contribution in [1.82, 2.24) is 5.43 Å². The summed E-state index contributed by atoms with van der Waals surface area (Å²) in [6, 6.07) is 15.2. The molecular formula is C22H21N3O6. The fraction of sp³-hybridized carbons (Fsp3) is 0.136. The Morgan fingerprint density at radius 3 is 2.55 bits per heavy atom. The molecule has 2 N–H and O–H groups in total. The highest BCUT2D eigenvalue weighted by Gasteiger charge is 2.11. The van der Waals surface area contributed by atoms with E-state index in [1.807, 2.05) is 6.07 Å². The van der Waals surface area contributed by atoms with E-state index in [0.29, 0.717) is 28.5 Å². The molecule has 0 aliphatic rings. The van der Waals surface area contributed by atoms with Crippen molar-refractivity contribution in [3.05, 3.63) is 72.2 Å². The normalized spacial score (nSPS) is 10.5. The number of nitrogens with one attached hydrogen (secondary N) is 2. The van der Waals surface area contributed by atoms with E-state index in [2.05, 4.69) is 15.8 Å². The predicted octanol–water partition coefficient (Wildman–Crippen LogP) is 3.08. The van der Waals surface area contributed by atoms with E-state index in [1.54, 1.807) is 42.5 Å². The van der Waals surface area contributed by atoms with Gasteiger partial charge in [-0.05, 0) is 48.0 Å². The summed E-state index contributed by atoms with van der Waals surface area (Å²) in [5.74, 6) is 0.689. The summed E-state index contributed by atoms with van der Waals surface area (Å²) in [7, 11) is 3.01. The van der Waals surface area contributed by atoms with E-state index in [1.165, 1.54) is 32.8 Å². The van der Waals surface area contributed by atoms with E-state index in [0.717, 1.165) is 0 Å². The highest BCUT2D eigenvalue weighted by Crippen LogP contribution is 2.28. The first-order valence-electron chi connectivity index (χ1n) is 9.21. The number of rotatable bonds is 9. The smallest absolute Gasteiger partial charge is 0.307 e. The van der Waals surface area contributed by atoms with Crippen molar-refractivity contribution in [2.45, 2.75) is 0 Å². The van der Waals surface area contributed by atoms with Crippen LogP contribution in [0.5, 0.6) is 17.2 Å². The lowest BCUT2D eigenvalue weighted by Gasteiger charge is -2.12. The number of benzene rings is 2. The quantitative estimate of drug-likeness (QED) is 0.404. The highest BCUT2D eigenvalue weighted by atomic mass is 16.5. The summed E-state index contributed by atoms with van der Waals surface area (Å²) in [6.07, 6.45) is 2.85. The molecule has 3 rings (SSSR count).